The molecular weight excluding hydrogens is 206 g/mol. The van der Waals surface area contributed by atoms with E-state index in [1.807, 2.05) is 24.3 Å². The van der Waals surface area contributed by atoms with E-state index in [0.717, 1.165) is 11.3 Å². The van der Waals surface area contributed by atoms with Crippen LogP contribution in [0.5, 0.6) is 5.75 Å². The number of carbonyl (C=O) groups is 1. The summed E-state index contributed by atoms with van der Waals surface area (Å²) >= 11 is 0. The van der Waals surface area contributed by atoms with Gasteiger partial charge in [0.15, 0.2) is 0 Å². The van der Waals surface area contributed by atoms with Gasteiger partial charge in [0, 0.05) is 11.6 Å². The standard InChI is InChI=1S/C12H11NO3/c1-15-11-4-2-10(3-5-11)6-7-13-8-9-16-12(13)14/h2-5H,8-9H2,1H3. The molecule has 4 nitrogen and oxygen atoms in total. The Labute approximate surface area is 93.8 Å². The highest BCUT2D eigenvalue weighted by molar-refractivity contribution is 5.71. The first-order valence-electron chi connectivity index (χ1n) is 4.89. The number of ether oxygens (including phenoxy) is 2. The van der Waals surface area contributed by atoms with E-state index in [0.29, 0.717) is 13.2 Å². The lowest BCUT2D eigenvalue weighted by Gasteiger charge is -2.00. The van der Waals surface area contributed by atoms with E-state index >= 15 is 0 Å². The van der Waals surface area contributed by atoms with Gasteiger partial charge in [-0.25, -0.2) is 9.69 Å². The molecule has 0 unspecified atom stereocenters. The van der Waals surface area contributed by atoms with Gasteiger partial charge in [-0.05, 0) is 30.2 Å². The molecule has 0 bridgehead atoms. The fourth-order valence-corrected chi connectivity index (χ4v) is 1.30. The second-order valence-corrected chi connectivity index (χ2v) is 3.23. The summed E-state index contributed by atoms with van der Waals surface area (Å²) in [6, 6.07) is 10.1. The highest BCUT2D eigenvalue weighted by Gasteiger charge is 2.19. The quantitative estimate of drug-likeness (QED) is 0.668. The van der Waals surface area contributed by atoms with Crippen LogP contribution in [0.3, 0.4) is 0 Å². The van der Waals surface area contributed by atoms with Crippen LogP contribution in [-0.4, -0.2) is 31.3 Å². The van der Waals surface area contributed by atoms with E-state index < -0.39 is 0 Å². The van der Waals surface area contributed by atoms with E-state index in [1.165, 1.54) is 4.90 Å². The van der Waals surface area contributed by atoms with E-state index in [9.17, 15) is 4.79 Å². The van der Waals surface area contributed by atoms with Crippen molar-refractivity contribution in [3.63, 3.8) is 0 Å². The molecule has 1 aromatic carbocycles. The number of hydrogen-bond donors (Lipinski definition) is 0. The summed E-state index contributed by atoms with van der Waals surface area (Å²) < 4.78 is 9.79. The maximum Gasteiger partial charge on any atom is 0.421 e. The number of nitrogens with zero attached hydrogens (tertiary/aromatic N) is 1. The Hall–Kier alpha value is -2.15. The lowest BCUT2D eigenvalue weighted by molar-refractivity contribution is 0.167. The number of hydrogen-bond acceptors (Lipinski definition) is 3. The van der Waals surface area contributed by atoms with E-state index in [-0.39, 0.29) is 6.09 Å². The monoisotopic (exact) mass is 217 g/mol. The van der Waals surface area contributed by atoms with Crippen molar-refractivity contribution in [2.24, 2.45) is 0 Å². The van der Waals surface area contributed by atoms with Gasteiger partial charge >= 0.3 is 6.09 Å². The maximum atomic E-state index is 11.1. The molecule has 1 heterocycles. The fraction of sp³-hybridized carbons (Fsp3) is 0.250. The van der Waals surface area contributed by atoms with Crippen LogP contribution in [0.2, 0.25) is 0 Å². The summed E-state index contributed by atoms with van der Waals surface area (Å²) in [5, 5.41) is 0. The largest absolute Gasteiger partial charge is 0.497 e. The molecule has 2 rings (SSSR count). The van der Waals surface area contributed by atoms with Crippen LogP contribution < -0.4 is 4.74 Å². The van der Waals surface area contributed by atoms with Gasteiger partial charge in [-0.15, -0.1) is 0 Å². The van der Waals surface area contributed by atoms with Crippen LogP contribution in [0.1, 0.15) is 5.56 Å². The summed E-state index contributed by atoms with van der Waals surface area (Å²) in [6.07, 6.45) is -0.374. The zero-order chi connectivity index (χ0) is 11.4. The van der Waals surface area contributed by atoms with Crippen LogP contribution in [0.25, 0.3) is 0 Å². The Morgan fingerprint density at radius 2 is 2.12 bits per heavy atom. The SMILES string of the molecule is COc1ccc(C#CN2CCOC2=O)cc1. The van der Waals surface area contributed by atoms with Crippen molar-refractivity contribution in [1.82, 2.24) is 4.90 Å². The van der Waals surface area contributed by atoms with Crippen LogP contribution in [0.15, 0.2) is 24.3 Å². The van der Waals surface area contributed by atoms with Crippen molar-refractivity contribution in [3.8, 4) is 17.7 Å². The summed E-state index contributed by atoms with van der Waals surface area (Å²) in [4.78, 5) is 12.4. The predicted octanol–water partition coefficient (Wildman–Crippen LogP) is 1.46. The van der Waals surface area contributed by atoms with Crippen molar-refractivity contribution in [2.45, 2.75) is 0 Å². The Morgan fingerprint density at radius 1 is 1.38 bits per heavy atom. The average molecular weight is 217 g/mol. The lowest BCUT2D eigenvalue weighted by Crippen LogP contribution is -2.17. The third-order valence-corrected chi connectivity index (χ3v) is 2.19. The molecule has 1 aromatic rings. The van der Waals surface area contributed by atoms with Gasteiger partial charge in [0.05, 0.1) is 13.7 Å². The number of methoxy groups -OCH3 is 1. The van der Waals surface area contributed by atoms with Crippen LogP contribution in [0, 0.1) is 12.0 Å². The zero-order valence-electron chi connectivity index (χ0n) is 8.90. The molecule has 1 aliphatic rings. The lowest BCUT2D eigenvalue weighted by atomic mass is 10.2. The fourth-order valence-electron chi connectivity index (χ4n) is 1.30. The molecular formula is C12H11NO3. The molecule has 1 saturated heterocycles. The zero-order valence-corrected chi connectivity index (χ0v) is 8.90. The van der Waals surface area contributed by atoms with Gasteiger partial charge in [-0.3, -0.25) is 0 Å². The minimum absolute atomic E-state index is 0.374. The molecule has 1 fully saturated rings. The molecule has 0 aromatic heterocycles. The van der Waals surface area contributed by atoms with Gasteiger partial charge in [0.25, 0.3) is 0 Å². The first-order valence-corrected chi connectivity index (χ1v) is 4.89. The van der Waals surface area contributed by atoms with E-state index in [2.05, 4.69) is 12.0 Å². The van der Waals surface area contributed by atoms with Crippen molar-refractivity contribution in [3.05, 3.63) is 29.8 Å². The molecule has 0 N–H and O–H groups in total. The summed E-state index contributed by atoms with van der Waals surface area (Å²) in [5.74, 6) is 3.67. The van der Waals surface area contributed by atoms with E-state index in [4.69, 9.17) is 9.47 Å². The van der Waals surface area contributed by atoms with Crippen LogP contribution >= 0.6 is 0 Å². The summed E-state index contributed by atoms with van der Waals surface area (Å²) in [7, 11) is 1.61. The molecule has 0 saturated carbocycles. The normalized spacial score (nSPS) is 14.1. The molecule has 82 valence electrons. The Balaban J connectivity index is 2.08. The van der Waals surface area contributed by atoms with Crippen LogP contribution in [-0.2, 0) is 4.74 Å². The number of benzene rings is 1. The summed E-state index contributed by atoms with van der Waals surface area (Å²) in [5.41, 5.74) is 0.834. The van der Waals surface area contributed by atoms with Gasteiger partial charge in [0.2, 0.25) is 0 Å². The van der Waals surface area contributed by atoms with Crippen molar-refractivity contribution in [1.29, 1.82) is 0 Å². The Bertz CT molecular complexity index is 442. The maximum absolute atomic E-state index is 11.1. The van der Waals surface area contributed by atoms with Gasteiger partial charge in [0.1, 0.15) is 12.4 Å². The third-order valence-electron chi connectivity index (χ3n) is 2.19. The first kappa shape index (κ1) is 10.4. The number of cyclic esters (lactones) is 1. The van der Waals surface area contributed by atoms with E-state index in [1.54, 1.807) is 7.11 Å². The van der Waals surface area contributed by atoms with Crippen molar-refractivity contribution in [2.75, 3.05) is 20.3 Å². The number of carbonyl (C=O) groups excluding carboxylic acids is 1. The van der Waals surface area contributed by atoms with Crippen molar-refractivity contribution < 1.29 is 14.3 Å². The summed E-state index contributed by atoms with van der Waals surface area (Å²) in [6.45, 7) is 0.943. The topological polar surface area (TPSA) is 38.8 Å². The molecule has 16 heavy (non-hydrogen) atoms. The van der Waals surface area contributed by atoms with Gasteiger partial charge < -0.3 is 9.47 Å². The molecule has 0 atom stereocenters. The van der Waals surface area contributed by atoms with Gasteiger partial charge in [-0.2, -0.15) is 0 Å². The Morgan fingerprint density at radius 3 is 2.69 bits per heavy atom. The average Bonchev–Trinajstić information content (AvgIpc) is 2.73. The molecule has 0 spiro atoms. The van der Waals surface area contributed by atoms with Gasteiger partial charge in [-0.1, -0.05) is 0 Å². The third kappa shape index (κ3) is 2.26. The molecule has 1 amide bonds. The second-order valence-electron chi connectivity index (χ2n) is 3.23. The molecule has 0 aliphatic carbocycles. The highest BCUT2D eigenvalue weighted by atomic mass is 16.6. The second kappa shape index (κ2) is 4.58. The Kier molecular flexibility index (Phi) is 2.97. The molecule has 1 aliphatic heterocycles. The minimum atomic E-state index is -0.374. The van der Waals surface area contributed by atoms with Crippen LogP contribution in [0.4, 0.5) is 4.79 Å². The number of amides is 1. The number of rotatable bonds is 1. The van der Waals surface area contributed by atoms with Crippen molar-refractivity contribution >= 4 is 6.09 Å². The first-order chi connectivity index (χ1) is 7.79. The molecule has 0 radical (unpaired) electrons. The minimum Gasteiger partial charge on any atom is -0.497 e. The smallest absolute Gasteiger partial charge is 0.421 e. The highest BCUT2D eigenvalue weighted by Crippen LogP contribution is 2.10. The molecule has 4 heteroatoms. The predicted molar refractivity (Wildman–Crippen MR) is 57.9 cm³/mol.